The number of pyridine rings is 1. The van der Waals surface area contributed by atoms with Gasteiger partial charge in [-0.2, -0.15) is 0 Å². The molecule has 1 amide bonds. The fourth-order valence-corrected chi connectivity index (χ4v) is 7.33. The van der Waals surface area contributed by atoms with Crippen LogP contribution in [0.15, 0.2) is 101 Å². The van der Waals surface area contributed by atoms with Crippen LogP contribution >= 0.6 is 23.1 Å². The molecular formula is C32H22FN5O3S2. The van der Waals surface area contributed by atoms with Crippen LogP contribution in [0.25, 0.3) is 22.2 Å². The molecule has 43 heavy (non-hydrogen) atoms. The molecule has 6 aromatic rings. The van der Waals surface area contributed by atoms with Crippen LogP contribution < -0.4 is 4.90 Å². The van der Waals surface area contributed by atoms with E-state index in [1.54, 1.807) is 41.8 Å². The van der Waals surface area contributed by atoms with Gasteiger partial charge in [0.2, 0.25) is 5.13 Å². The number of anilines is 1. The van der Waals surface area contributed by atoms with Crippen LogP contribution in [0.3, 0.4) is 0 Å². The van der Waals surface area contributed by atoms with E-state index in [-0.39, 0.29) is 22.0 Å². The van der Waals surface area contributed by atoms with Crippen molar-refractivity contribution in [3.8, 4) is 0 Å². The predicted octanol–water partition coefficient (Wildman–Crippen LogP) is 6.71. The molecule has 0 saturated carbocycles. The number of hydrogen-bond acceptors (Lipinski definition) is 8. The minimum absolute atomic E-state index is 0.0508. The molecule has 0 radical (unpaired) electrons. The maximum atomic E-state index is 15.3. The Bertz CT molecular complexity index is 2100. The number of hydrogen-bond donors (Lipinski definition) is 1. The van der Waals surface area contributed by atoms with E-state index < -0.39 is 29.3 Å². The van der Waals surface area contributed by atoms with Crippen LogP contribution in [0, 0.1) is 12.7 Å². The average Bonchev–Trinajstić information content (AvgIpc) is 3.69. The first-order valence-electron chi connectivity index (χ1n) is 13.3. The number of halogens is 1. The van der Waals surface area contributed by atoms with Gasteiger partial charge in [0.05, 0.1) is 11.3 Å². The Morgan fingerprint density at radius 3 is 2.60 bits per heavy atom. The number of aliphatic hydroxyl groups is 1. The molecule has 1 atom stereocenters. The fourth-order valence-electron chi connectivity index (χ4n) is 5.46. The molecule has 1 unspecified atom stereocenters. The van der Waals surface area contributed by atoms with Crippen molar-refractivity contribution in [3.05, 3.63) is 125 Å². The highest BCUT2D eigenvalue weighted by atomic mass is 32.2. The van der Waals surface area contributed by atoms with Crippen LogP contribution in [0.5, 0.6) is 0 Å². The van der Waals surface area contributed by atoms with Gasteiger partial charge in [0.1, 0.15) is 23.2 Å². The molecule has 212 valence electrons. The first-order chi connectivity index (χ1) is 20.9. The Labute approximate surface area is 253 Å². The highest BCUT2D eigenvalue weighted by molar-refractivity contribution is 8.00. The molecule has 1 N–H and O–H groups in total. The average molecular weight is 608 g/mol. The lowest BCUT2D eigenvalue weighted by atomic mass is 9.96. The van der Waals surface area contributed by atoms with E-state index in [2.05, 4.69) is 39.4 Å². The van der Waals surface area contributed by atoms with Gasteiger partial charge >= 0.3 is 5.91 Å². The largest absolute Gasteiger partial charge is 0.505 e. The number of rotatable bonds is 6. The number of thioether (sulfide) groups is 1. The van der Waals surface area contributed by atoms with Crippen molar-refractivity contribution in [1.29, 1.82) is 0 Å². The summed E-state index contributed by atoms with van der Waals surface area (Å²) in [7, 11) is 0. The van der Waals surface area contributed by atoms with Crippen molar-refractivity contribution in [2.45, 2.75) is 23.1 Å². The third-order valence-electron chi connectivity index (χ3n) is 7.41. The fraction of sp³-hybridized carbons (Fsp3) is 0.0938. The number of aliphatic hydroxyl groups excluding tert-OH is 1. The van der Waals surface area contributed by atoms with Gasteiger partial charge in [-0.05, 0) is 41.5 Å². The van der Waals surface area contributed by atoms with E-state index in [0.29, 0.717) is 21.4 Å². The maximum absolute atomic E-state index is 15.3. The Balaban J connectivity index is 1.30. The first-order valence-corrected chi connectivity index (χ1v) is 15.1. The summed E-state index contributed by atoms with van der Waals surface area (Å²) >= 11 is 2.58. The number of carbonyl (C=O) groups is 2. The van der Waals surface area contributed by atoms with Gasteiger partial charge in [-0.25, -0.2) is 9.37 Å². The summed E-state index contributed by atoms with van der Waals surface area (Å²) in [5, 5.41) is 22.5. The minimum atomic E-state index is -1.27. The highest BCUT2D eigenvalue weighted by Gasteiger charge is 2.49. The molecule has 3 aromatic heterocycles. The maximum Gasteiger partial charge on any atom is 0.301 e. The summed E-state index contributed by atoms with van der Waals surface area (Å²) in [5.41, 5.74) is 2.17. The summed E-state index contributed by atoms with van der Waals surface area (Å²) < 4.78 is 17.5. The molecular weight excluding hydrogens is 586 g/mol. The van der Waals surface area contributed by atoms with E-state index in [1.807, 2.05) is 18.2 Å². The number of fused-ring (bicyclic) bond motifs is 2. The monoisotopic (exact) mass is 607 g/mol. The Hall–Kier alpha value is -4.87. The molecule has 4 heterocycles. The summed E-state index contributed by atoms with van der Waals surface area (Å²) in [6.45, 7) is 1.69. The van der Waals surface area contributed by atoms with Crippen molar-refractivity contribution < 1.29 is 19.1 Å². The normalized spacial score (nSPS) is 16.5. The number of imidazole rings is 1. The topological polar surface area (TPSA) is 101 Å². The summed E-state index contributed by atoms with van der Waals surface area (Å²) in [6, 6.07) is 24.2. The molecule has 1 aliphatic heterocycles. The molecule has 3 aromatic carbocycles. The van der Waals surface area contributed by atoms with Crippen LogP contribution in [0.2, 0.25) is 0 Å². The van der Waals surface area contributed by atoms with Crippen molar-refractivity contribution >= 4 is 62.1 Å². The second-order valence-electron chi connectivity index (χ2n) is 9.94. The zero-order valence-electron chi connectivity index (χ0n) is 22.6. The highest BCUT2D eigenvalue weighted by Crippen LogP contribution is 2.45. The van der Waals surface area contributed by atoms with E-state index >= 15 is 4.39 Å². The van der Waals surface area contributed by atoms with Crippen molar-refractivity contribution in [2.24, 2.45) is 0 Å². The van der Waals surface area contributed by atoms with Gasteiger partial charge in [-0.3, -0.25) is 18.9 Å². The number of ketones is 1. The second-order valence-corrected chi connectivity index (χ2v) is 12.1. The molecule has 1 fully saturated rings. The van der Waals surface area contributed by atoms with Gasteiger partial charge < -0.3 is 5.11 Å². The zero-order chi connectivity index (χ0) is 29.7. The molecule has 1 aliphatic rings. The standard InChI is InChI=1S/C32H22FN5O3S2/c1-18-26(37-16-7-6-15-24(37)34-18)28(39)25-27(22-13-4-5-14-23(22)33)38(30(41)29(25)40)31-35-36-32(43-31)42-17-20-11-8-10-19-9-2-3-12-21(19)20/h2-16,27,39H,17H2,1H3/b28-25+. The van der Waals surface area contributed by atoms with Gasteiger partial charge in [0.15, 0.2) is 10.1 Å². The second kappa shape index (κ2) is 10.8. The number of carbonyl (C=O) groups excluding carboxylic acids is 2. The minimum Gasteiger partial charge on any atom is -0.505 e. The van der Waals surface area contributed by atoms with Crippen LogP contribution in [-0.2, 0) is 15.3 Å². The Morgan fingerprint density at radius 1 is 0.977 bits per heavy atom. The molecule has 1 saturated heterocycles. The predicted molar refractivity (Wildman–Crippen MR) is 165 cm³/mol. The van der Waals surface area contributed by atoms with Crippen molar-refractivity contribution in [1.82, 2.24) is 19.6 Å². The number of aryl methyl sites for hydroxylation is 1. The molecule has 0 aliphatic carbocycles. The van der Waals surface area contributed by atoms with E-state index in [0.717, 1.165) is 32.6 Å². The summed E-state index contributed by atoms with van der Waals surface area (Å²) in [5.74, 6) is -2.34. The van der Waals surface area contributed by atoms with E-state index in [4.69, 9.17) is 0 Å². The number of Topliss-reactive ketones (excluding diaryl/α,β-unsaturated/α-hetero) is 1. The van der Waals surface area contributed by atoms with Gasteiger partial charge in [-0.1, -0.05) is 89.8 Å². The summed E-state index contributed by atoms with van der Waals surface area (Å²) in [4.78, 5) is 32.8. The van der Waals surface area contributed by atoms with Gasteiger partial charge in [-0.15, -0.1) is 10.2 Å². The molecule has 7 rings (SSSR count). The van der Waals surface area contributed by atoms with Crippen LogP contribution in [0.1, 0.15) is 28.6 Å². The Kier molecular flexibility index (Phi) is 6.75. The van der Waals surface area contributed by atoms with Crippen LogP contribution in [-0.4, -0.2) is 36.4 Å². The lowest BCUT2D eigenvalue weighted by Crippen LogP contribution is -2.29. The van der Waals surface area contributed by atoms with Crippen molar-refractivity contribution in [3.63, 3.8) is 0 Å². The lowest BCUT2D eigenvalue weighted by Gasteiger charge is -2.22. The van der Waals surface area contributed by atoms with Crippen LogP contribution in [0.4, 0.5) is 9.52 Å². The Morgan fingerprint density at radius 2 is 1.74 bits per heavy atom. The molecule has 8 nitrogen and oxygen atoms in total. The van der Waals surface area contributed by atoms with E-state index in [9.17, 15) is 14.7 Å². The third-order valence-corrected chi connectivity index (χ3v) is 9.51. The number of benzene rings is 3. The first kappa shape index (κ1) is 27.0. The lowest BCUT2D eigenvalue weighted by molar-refractivity contribution is -0.132. The SMILES string of the molecule is Cc1nc2ccccn2c1/C(O)=C1\C(=O)C(=O)N(c2nnc(SCc3cccc4ccccc34)s2)C1c1ccccc1F. The zero-order valence-corrected chi connectivity index (χ0v) is 24.3. The summed E-state index contributed by atoms with van der Waals surface area (Å²) in [6.07, 6.45) is 1.70. The molecule has 0 spiro atoms. The smallest absolute Gasteiger partial charge is 0.301 e. The third kappa shape index (κ3) is 4.57. The quantitative estimate of drug-likeness (QED) is 0.0739. The number of amides is 1. The van der Waals surface area contributed by atoms with Crippen molar-refractivity contribution in [2.75, 3.05) is 4.90 Å². The van der Waals surface area contributed by atoms with E-state index in [1.165, 1.54) is 30.0 Å². The molecule has 0 bridgehead atoms. The number of aromatic nitrogens is 4. The number of nitrogens with zero attached hydrogens (tertiary/aromatic N) is 5. The molecule has 11 heteroatoms. The van der Waals surface area contributed by atoms with Gasteiger partial charge in [0, 0.05) is 17.5 Å². The van der Waals surface area contributed by atoms with Gasteiger partial charge in [0.25, 0.3) is 5.78 Å².